The maximum Gasteiger partial charge on any atom is 0.234 e. The molecule has 134 valence electrons. The first-order valence-corrected chi connectivity index (χ1v) is 9.28. The fourth-order valence-electron chi connectivity index (χ4n) is 2.61. The van der Waals surface area contributed by atoms with Crippen LogP contribution in [0.1, 0.15) is 22.3 Å². The summed E-state index contributed by atoms with van der Waals surface area (Å²) in [6, 6.07) is 12.0. The van der Waals surface area contributed by atoms with Crippen molar-refractivity contribution in [3.63, 3.8) is 0 Å². The van der Waals surface area contributed by atoms with Gasteiger partial charge in [0, 0.05) is 5.69 Å². The lowest BCUT2D eigenvalue weighted by atomic mass is 10.1. The molecule has 0 unspecified atom stereocenters. The second kappa shape index (κ2) is 7.70. The summed E-state index contributed by atoms with van der Waals surface area (Å²) in [5, 5.41) is 15.4. The molecule has 7 heteroatoms. The molecule has 6 nitrogen and oxygen atoms in total. The van der Waals surface area contributed by atoms with Crippen molar-refractivity contribution in [3.8, 4) is 5.69 Å². The van der Waals surface area contributed by atoms with Crippen LogP contribution in [0, 0.1) is 27.7 Å². The SMILES string of the molecule is Cc1ccc(-n2nnnc2SCC(=O)Nc2ccc(C)c(C)c2)c(C)c1. The third kappa shape index (κ3) is 4.11. The predicted molar refractivity (Wildman–Crippen MR) is 104 cm³/mol. The van der Waals surface area contributed by atoms with Crippen LogP contribution in [0.3, 0.4) is 0 Å². The van der Waals surface area contributed by atoms with Crippen molar-refractivity contribution in [2.75, 3.05) is 11.1 Å². The van der Waals surface area contributed by atoms with E-state index in [1.807, 2.05) is 58.0 Å². The summed E-state index contributed by atoms with van der Waals surface area (Å²) in [5.41, 5.74) is 6.32. The van der Waals surface area contributed by atoms with Gasteiger partial charge in [0.25, 0.3) is 0 Å². The smallest absolute Gasteiger partial charge is 0.234 e. The highest BCUT2D eigenvalue weighted by Gasteiger charge is 2.13. The Morgan fingerprint density at radius 3 is 2.58 bits per heavy atom. The van der Waals surface area contributed by atoms with E-state index in [2.05, 4.69) is 26.9 Å². The lowest BCUT2D eigenvalue weighted by molar-refractivity contribution is -0.113. The third-order valence-corrected chi connectivity index (χ3v) is 5.06. The Kier molecular flexibility index (Phi) is 5.37. The van der Waals surface area contributed by atoms with Gasteiger partial charge in [0.05, 0.1) is 11.4 Å². The zero-order chi connectivity index (χ0) is 18.7. The largest absolute Gasteiger partial charge is 0.325 e. The molecule has 1 aromatic heterocycles. The summed E-state index contributed by atoms with van der Waals surface area (Å²) in [6.07, 6.45) is 0. The lowest BCUT2D eigenvalue weighted by Gasteiger charge is -2.09. The van der Waals surface area contributed by atoms with Crippen LogP contribution in [0.15, 0.2) is 41.6 Å². The van der Waals surface area contributed by atoms with E-state index < -0.39 is 0 Å². The predicted octanol–water partition coefficient (Wildman–Crippen LogP) is 3.63. The number of nitrogens with one attached hydrogen (secondary N) is 1. The summed E-state index contributed by atoms with van der Waals surface area (Å²) in [4.78, 5) is 12.3. The van der Waals surface area contributed by atoms with Crippen molar-refractivity contribution in [1.82, 2.24) is 20.2 Å². The minimum Gasteiger partial charge on any atom is -0.325 e. The van der Waals surface area contributed by atoms with Gasteiger partial charge in [-0.15, -0.1) is 5.10 Å². The Balaban J connectivity index is 1.68. The molecule has 0 bridgehead atoms. The van der Waals surface area contributed by atoms with Gasteiger partial charge < -0.3 is 5.32 Å². The fourth-order valence-corrected chi connectivity index (χ4v) is 3.29. The Morgan fingerprint density at radius 1 is 1.04 bits per heavy atom. The van der Waals surface area contributed by atoms with Crippen molar-refractivity contribution >= 4 is 23.4 Å². The number of anilines is 1. The molecule has 1 heterocycles. The molecular formula is C19H21N5OS. The molecule has 1 amide bonds. The maximum absolute atomic E-state index is 12.3. The highest BCUT2D eigenvalue weighted by Crippen LogP contribution is 2.22. The van der Waals surface area contributed by atoms with Gasteiger partial charge in [0.2, 0.25) is 11.1 Å². The van der Waals surface area contributed by atoms with Crippen LogP contribution in [0.25, 0.3) is 5.69 Å². The molecule has 0 saturated carbocycles. The zero-order valence-corrected chi connectivity index (χ0v) is 16.1. The van der Waals surface area contributed by atoms with Crippen molar-refractivity contribution in [3.05, 3.63) is 58.7 Å². The second-order valence-corrected chi connectivity index (χ2v) is 7.24. The molecular weight excluding hydrogens is 346 g/mol. The van der Waals surface area contributed by atoms with E-state index in [-0.39, 0.29) is 11.7 Å². The molecule has 0 aliphatic rings. The fraction of sp³-hybridized carbons (Fsp3) is 0.263. The Labute approximate surface area is 157 Å². The van der Waals surface area contributed by atoms with Gasteiger partial charge in [-0.05, 0) is 73.0 Å². The van der Waals surface area contributed by atoms with E-state index in [0.29, 0.717) is 5.16 Å². The van der Waals surface area contributed by atoms with E-state index in [0.717, 1.165) is 22.5 Å². The van der Waals surface area contributed by atoms with Crippen molar-refractivity contribution in [2.24, 2.45) is 0 Å². The van der Waals surface area contributed by atoms with Gasteiger partial charge in [-0.1, -0.05) is 35.5 Å². The number of aryl methyl sites for hydroxylation is 4. The van der Waals surface area contributed by atoms with Gasteiger partial charge >= 0.3 is 0 Å². The molecule has 0 saturated heterocycles. The number of tetrazole rings is 1. The second-order valence-electron chi connectivity index (χ2n) is 6.30. The molecule has 3 rings (SSSR count). The molecule has 1 N–H and O–H groups in total. The summed E-state index contributed by atoms with van der Waals surface area (Å²) < 4.78 is 1.67. The Morgan fingerprint density at radius 2 is 1.85 bits per heavy atom. The molecule has 0 fully saturated rings. The quantitative estimate of drug-likeness (QED) is 0.697. The lowest BCUT2D eigenvalue weighted by Crippen LogP contribution is -2.15. The van der Waals surface area contributed by atoms with Crippen LogP contribution in [-0.2, 0) is 4.79 Å². The summed E-state index contributed by atoms with van der Waals surface area (Å²) >= 11 is 1.31. The van der Waals surface area contributed by atoms with Gasteiger partial charge in [0.1, 0.15) is 0 Å². The Hall–Kier alpha value is -2.67. The van der Waals surface area contributed by atoms with Crippen LogP contribution < -0.4 is 5.32 Å². The average Bonchev–Trinajstić information content (AvgIpc) is 3.05. The monoisotopic (exact) mass is 367 g/mol. The van der Waals surface area contributed by atoms with Crippen LogP contribution >= 0.6 is 11.8 Å². The molecule has 0 spiro atoms. The molecule has 3 aromatic rings. The van der Waals surface area contributed by atoms with Crippen LogP contribution in [-0.4, -0.2) is 31.9 Å². The van der Waals surface area contributed by atoms with Gasteiger partial charge in [0.15, 0.2) is 0 Å². The summed E-state index contributed by atoms with van der Waals surface area (Å²) in [7, 11) is 0. The van der Waals surface area contributed by atoms with E-state index >= 15 is 0 Å². The molecule has 26 heavy (non-hydrogen) atoms. The first-order valence-electron chi connectivity index (χ1n) is 8.30. The van der Waals surface area contributed by atoms with E-state index in [9.17, 15) is 4.79 Å². The standard InChI is InChI=1S/C19H21N5OS/c1-12-5-8-17(15(4)9-12)24-19(21-22-23-24)26-11-18(25)20-16-7-6-13(2)14(3)10-16/h5-10H,11H2,1-4H3,(H,20,25). The van der Waals surface area contributed by atoms with E-state index in [1.165, 1.54) is 22.9 Å². The third-order valence-electron chi connectivity index (χ3n) is 4.14. The zero-order valence-electron chi connectivity index (χ0n) is 15.3. The number of nitrogens with zero attached hydrogens (tertiary/aromatic N) is 4. The minimum atomic E-state index is -0.0894. The summed E-state index contributed by atoms with van der Waals surface area (Å²) in [6.45, 7) is 8.13. The van der Waals surface area contributed by atoms with Crippen LogP contribution in [0.4, 0.5) is 5.69 Å². The van der Waals surface area contributed by atoms with E-state index in [4.69, 9.17) is 0 Å². The van der Waals surface area contributed by atoms with Crippen LogP contribution in [0.2, 0.25) is 0 Å². The number of amides is 1. The molecule has 0 atom stereocenters. The van der Waals surface area contributed by atoms with Gasteiger partial charge in [-0.3, -0.25) is 4.79 Å². The number of carbonyl (C=O) groups excluding carboxylic acids is 1. The number of hydrogen-bond acceptors (Lipinski definition) is 5. The number of carbonyl (C=O) groups is 1. The topological polar surface area (TPSA) is 72.7 Å². The minimum absolute atomic E-state index is 0.0894. The molecule has 2 aromatic carbocycles. The van der Waals surface area contributed by atoms with Gasteiger partial charge in [-0.2, -0.15) is 4.68 Å². The number of benzene rings is 2. The van der Waals surface area contributed by atoms with E-state index in [1.54, 1.807) is 4.68 Å². The van der Waals surface area contributed by atoms with Crippen molar-refractivity contribution < 1.29 is 4.79 Å². The molecule has 0 aliphatic heterocycles. The highest BCUT2D eigenvalue weighted by molar-refractivity contribution is 7.99. The number of thioether (sulfide) groups is 1. The summed E-state index contributed by atoms with van der Waals surface area (Å²) in [5.74, 6) is 0.145. The molecule has 0 radical (unpaired) electrons. The van der Waals surface area contributed by atoms with Crippen molar-refractivity contribution in [2.45, 2.75) is 32.9 Å². The van der Waals surface area contributed by atoms with Crippen LogP contribution in [0.5, 0.6) is 0 Å². The van der Waals surface area contributed by atoms with Crippen molar-refractivity contribution in [1.29, 1.82) is 0 Å². The average molecular weight is 367 g/mol. The number of hydrogen-bond donors (Lipinski definition) is 1. The van der Waals surface area contributed by atoms with Gasteiger partial charge in [-0.25, -0.2) is 0 Å². The molecule has 0 aliphatic carbocycles. The number of rotatable bonds is 5. The Bertz CT molecular complexity index is 951. The normalized spacial score (nSPS) is 10.8. The first kappa shape index (κ1) is 18.1. The first-order chi connectivity index (χ1) is 12.4. The highest BCUT2D eigenvalue weighted by atomic mass is 32.2. The number of aromatic nitrogens is 4. The maximum atomic E-state index is 12.3.